The highest BCUT2D eigenvalue weighted by Crippen LogP contribution is 2.27. The molecule has 0 aliphatic heterocycles. The van der Waals surface area contributed by atoms with E-state index in [4.69, 9.17) is 21.4 Å². The van der Waals surface area contributed by atoms with Gasteiger partial charge in [0.05, 0.1) is 12.8 Å². The Morgan fingerprint density at radius 3 is 2.88 bits per heavy atom. The third kappa shape index (κ3) is 3.17. The first-order valence-corrected chi connectivity index (χ1v) is 4.91. The van der Waals surface area contributed by atoms with Crippen molar-refractivity contribution in [3.63, 3.8) is 0 Å². The van der Waals surface area contributed by atoms with Gasteiger partial charge in [-0.1, -0.05) is 18.2 Å². The number of ether oxygens (including phenoxy) is 1. The second-order valence-electron chi connectivity index (χ2n) is 3.11. The van der Waals surface area contributed by atoms with Gasteiger partial charge in [0.1, 0.15) is 5.75 Å². The fraction of sp³-hybridized carbons (Fsp3) is 0.182. The number of carboxylic acids is 1. The Balaban J connectivity index is 2.76. The van der Waals surface area contributed by atoms with Gasteiger partial charge in [0, 0.05) is 17.1 Å². The standard InChI is InChI=1S/C11H12ClNO3/c1-7(11(14)15)6-13-9-5-8(12)3-4-10(9)16-2/h3-5,13H,1,6H2,2H3,(H,14,15). The lowest BCUT2D eigenvalue weighted by atomic mass is 10.2. The molecule has 0 unspecified atom stereocenters. The Morgan fingerprint density at radius 2 is 2.31 bits per heavy atom. The average molecular weight is 242 g/mol. The monoisotopic (exact) mass is 241 g/mol. The molecule has 0 atom stereocenters. The Morgan fingerprint density at radius 1 is 1.62 bits per heavy atom. The molecule has 0 fully saturated rings. The van der Waals surface area contributed by atoms with Gasteiger partial charge in [-0.3, -0.25) is 0 Å². The summed E-state index contributed by atoms with van der Waals surface area (Å²) in [5, 5.41) is 12.1. The molecule has 0 radical (unpaired) electrons. The first-order chi connectivity index (χ1) is 7.54. The maximum atomic E-state index is 10.5. The number of carbonyl (C=O) groups is 1. The van der Waals surface area contributed by atoms with E-state index in [2.05, 4.69) is 11.9 Å². The van der Waals surface area contributed by atoms with Crippen molar-refractivity contribution in [2.45, 2.75) is 0 Å². The Hall–Kier alpha value is -1.68. The summed E-state index contributed by atoms with van der Waals surface area (Å²) >= 11 is 5.82. The summed E-state index contributed by atoms with van der Waals surface area (Å²) in [5.41, 5.74) is 0.708. The summed E-state index contributed by atoms with van der Waals surface area (Å²) in [5.74, 6) is -0.434. The van der Waals surface area contributed by atoms with Gasteiger partial charge in [-0.15, -0.1) is 0 Å². The van der Waals surface area contributed by atoms with Crippen LogP contribution in [-0.4, -0.2) is 24.7 Å². The molecule has 0 aliphatic carbocycles. The molecule has 2 N–H and O–H groups in total. The minimum atomic E-state index is -1.03. The van der Waals surface area contributed by atoms with Gasteiger partial charge in [-0.05, 0) is 18.2 Å². The van der Waals surface area contributed by atoms with Gasteiger partial charge in [-0.2, -0.15) is 0 Å². The maximum Gasteiger partial charge on any atom is 0.332 e. The molecule has 1 aromatic rings. The van der Waals surface area contributed by atoms with Gasteiger partial charge < -0.3 is 15.2 Å². The Bertz CT molecular complexity index is 418. The summed E-state index contributed by atoms with van der Waals surface area (Å²) in [4.78, 5) is 10.5. The molecule has 0 saturated carbocycles. The number of aliphatic carboxylic acids is 1. The van der Waals surface area contributed by atoms with Crippen LogP contribution in [0.3, 0.4) is 0 Å². The van der Waals surface area contributed by atoms with Crippen LogP contribution in [0.2, 0.25) is 5.02 Å². The van der Waals surface area contributed by atoms with E-state index in [0.717, 1.165) is 0 Å². The van der Waals surface area contributed by atoms with Crippen molar-refractivity contribution >= 4 is 23.3 Å². The molecule has 0 aliphatic rings. The molecule has 86 valence electrons. The minimum absolute atomic E-state index is 0.0713. The number of carboxylic acid groups (broad SMARTS) is 1. The van der Waals surface area contributed by atoms with Crippen molar-refractivity contribution in [1.82, 2.24) is 0 Å². The molecule has 0 heterocycles. The number of methoxy groups -OCH3 is 1. The summed E-state index contributed by atoms with van der Waals surface area (Å²) in [7, 11) is 1.53. The number of hydrogen-bond acceptors (Lipinski definition) is 3. The predicted octanol–water partition coefficient (Wildman–Crippen LogP) is 2.40. The zero-order valence-electron chi connectivity index (χ0n) is 8.79. The van der Waals surface area contributed by atoms with Crippen LogP contribution in [0.5, 0.6) is 5.75 Å². The summed E-state index contributed by atoms with van der Waals surface area (Å²) < 4.78 is 5.09. The topological polar surface area (TPSA) is 58.6 Å². The average Bonchev–Trinajstić information content (AvgIpc) is 2.25. The van der Waals surface area contributed by atoms with E-state index >= 15 is 0 Å². The molecule has 5 heteroatoms. The van der Waals surface area contributed by atoms with Gasteiger partial charge >= 0.3 is 5.97 Å². The van der Waals surface area contributed by atoms with Crippen molar-refractivity contribution in [2.24, 2.45) is 0 Å². The molecule has 1 rings (SSSR count). The lowest BCUT2D eigenvalue weighted by Gasteiger charge is -2.11. The van der Waals surface area contributed by atoms with Crippen LogP contribution in [0.4, 0.5) is 5.69 Å². The predicted molar refractivity (Wildman–Crippen MR) is 63.3 cm³/mol. The number of hydrogen-bond donors (Lipinski definition) is 2. The van der Waals surface area contributed by atoms with Crippen LogP contribution in [0.1, 0.15) is 0 Å². The normalized spacial score (nSPS) is 9.62. The smallest absolute Gasteiger partial charge is 0.332 e. The van der Waals surface area contributed by atoms with Crippen LogP contribution in [-0.2, 0) is 4.79 Å². The van der Waals surface area contributed by atoms with Crippen LogP contribution >= 0.6 is 11.6 Å². The number of halogens is 1. The van der Waals surface area contributed by atoms with E-state index in [1.54, 1.807) is 18.2 Å². The minimum Gasteiger partial charge on any atom is -0.495 e. The zero-order valence-corrected chi connectivity index (χ0v) is 9.54. The van der Waals surface area contributed by atoms with E-state index in [-0.39, 0.29) is 12.1 Å². The van der Waals surface area contributed by atoms with E-state index in [1.807, 2.05) is 0 Å². The van der Waals surface area contributed by atoms with Gasteiger partial charge in [0.15, 0.2) is 0 Å². The molecular formula is C11H12ClNO3. The molecule has 0 spiro atoms. The second kappa shape index (κ2) is 5.42. The van der Waals surface area contributed by atoms with Gasteiger partial charge in [0.2, 0.25) is 0 Å². The summed E-state index contributed by atoms with van der Waals surface area (Å²) in [6, 6.07) is 5.06. The Kier molecular flexibility index (Phi) is 4.19. The maximum absolute atomic E-state index is 10.5. The number of nitrogens with one attached hydrogen (secondary N) is 1. The third-order valence-corrected chi connectivity index (χ3v) is 2.19. The quantitative estimate of drug-likeness (QED) is 0.778. The summed E-state index contributed by atoms with van der Waals surface area (Å²) in [6.07, 6.45) is 0. The van der Waals surface area contributed by atoms with Crippen molar-refractivity contribution in [1.29, 1.82) is 0 Å². The molecule has 0 bridgehead atoms. The highest BCUT2D eigenvalue weighted by molar-refractivity contribution is 6.30. The number of benzene rings is 1. The fourth-order valence-electron chi connectivity index (χ4n) is 1.10. The van der Waals surface area contributed by atoms with Gasteiger partial charge in [-0.25, -0.2) is 4.79 Å². The van der Waals surface area contributed by atoms with Gasteiger partial charge in [0.25, 0.3) is 0 Å². The lowest BCUT2D eigenvalue weighted by molar-refractivity contribution is -0.132. The van der Waals surface area contributed by atoms with Crippen LogP contribution in [0.15, 0.2) is 30.4 Å². The second-order valence-corrected chi connectivity index (χ2v) is 3.54. The summed E-state index contributed by atoms with van der Waals surface area (Å²) in [6.45, 7) is 3.54. The number of anilines is 1. The van der Waals surface area contributed by atoms with Crippen molar-refractivity contribution in [3.05, 3.63) is 35.4 Å². The SMILES string of the molecule is C=C(CNc1cc(Cl)ccc1OC)C(=O)O. The molecule has 4 nitrogen and oxygen atoms in total. The molecule has 0 aromatic heterocycles. The third-order valence-electron chi connectivity index (χ3n) is 1.96. The molecular weight excluding hydrogens is 230 g/mol. The Labute approximate surface area is 98.5 Å². The van der Waals surface area contributed by atoms with Crippen LogP contribution < -0.4 is 10.1 Å². The van der Waals surface area contributed by atoms with Crippen LogP contribution in [0, 0.1) is 0 Å². The number of rotatable bonds is 5. The van der Waals surface area contributed by atoms with Crippen LogP contribution in [0.25, 0.3) is 0 Å². The highest BCUT2D eigenvalue weighted by atomic mass is 35.5. The molecule has 16 heavy (non-hydrogen) atoms. The lowest BCUT2D eigenvalue weighted by Crippen LogP contribution is -2.11. The van der Waals surface area contributed by atoms with E-state index < -0.39 is 5.97 Å². The van der Waals surface area contributed by atoms with E-state index in [0.29, 0.717) is 16.5 Å². The van der Waals surface area contributed by atoms with Crippen molar-refractivity contribution in [3.8, 4) is 5.75 Å². The van der Waals surface area contributed by atoms with E-state index in [1.165, 1.54) is 7.11 Å². The largest absolute Gasteiger partial charge is 0.495 e. The molecule has 1 aromatic carbocycles. The zero-order chi connectivity index (χ0) is 12.1. The highest BCUT2D eigenvalue weighted by Gasteiger charge is 2.07. The van der Waals surface area contributed by atoms with E-state index in [9.17, 15) is 4.79 Å². The van der Waals surface area contributed by atoms with Crippen molar-refractivity contribution in [2.75, 3.05) is 19.0 Å². The van der Waals surface area contributed by atoms with Crippen molar-refractivity contribution < 1.29 is 14.6 Å². The first kappa shape index (κ1) is 12.4. The first-order valence-electron chi connectivity index (χ1n) is 4.53. The fourth-order valence-corrected chi connectivity index (χ4v) is 1.27. The molecule has 0 amide bonds. The molecule has 0 saturated heterocycles.